The zero-order valence-corrected chi connectivity index (χ0v) is 20.4. The fourth-order valence-electron chi connectivity index (χ4n) is 4.12. The van der Waals surface area contributed by atoms with Crippen molar-refractivity contribution in [2.24, 2.45) is 0 Å². The number of nitrogens with zero attached hydrogens (tertiary/aromatic N) is 2. The molecule has 0 saturated carbocycles. The lowest BCUT2D eigenvalue weighted by molar-refractivity contribution is 0.0631. The van der Waals surface area contributed by atoms with Crippen molar-refractivity contribution in [3.05, 3.63) is 89.8 Å². The minimum atomic E-state index is -0.285. The lowest BCUT2D eigenvalue weighted by Crippen LogP contribution is -2.33. The summed E-state index contributed by atoms with van der Waals surface area (Å²) in [5, 5.41) is 0. The molecule has 1 aliphatic rings. The second kappa shape index (κ2) is 9.70. The summed E-state index contributed by atoms with van der Waals surface area (Å²) in [5.74, 6) is 2.32. The van der Waals surface area contributed by atoms with E-state index in [0.29, 0.717) is 28.5 Å². The van der Waals surface area contributed by atoms with Crippen LogP contribution in [0, 0.1) is 0 Å². The average Bonchev–Trinajstić information content (AvgIpc) is 3.46. The molecule has 0 fully saturated rings. The predicted octanol–water partition coefficient (Wildman–Crippen LogP) is 5.82. The topological polar surface area (TPSA) is 81.9 Å². The molecule has 0 atom stereocenters. The predicted molar refractivity (Wildman–Crippen MR) is 135 cm³/mol. The van der Waals surface area contributed by atoms with Crippen LogP contribution in [0.25, 0.3) is 22.6 Å². The monoisotopic (exact) mass is 482 g/mol. The third kappa shape index (κ3) is 4.35. The third-order valence-electron chi connectivity index (χ3n) is 6.08. The molecule has 0 radical (unpaired) electrons. The van der Waals surface area contributed by atoms with Gasteiger partial charge in [-0.1, -0.05) is 26.0 Å². The van der Waals surface area contributed by atoms with Gasteiger partial charge in [-0.3, -0.25) is 14.5 Å². The van der Waals surface area contributed by atoms with Crippen molar-refractivity contribution in [1.82, 2.24) is 9.88 Å². The van der Waals surface area contributed by atoms with Gasteiger partial charge in [-0.05, 0) is 60.7 Å². The number of carbonyl (C=O) groups excluding carboxylic acids is 2. The highest BCUT2D eigenvalue weighted by Gasteiger charge is 2.34. The van der Waals surface area contributed by atoms with Crippen LogP contribution in [-0.2, 0) is 0 Å². The largest absolute Gasteiger partial charge is 0.497 e. The Balaban J connectivity index is 1.30. The maximum atomic E-state index is 12.5. The molecule has 36 heavy (non-hydrogen) atoms. The minimum Gasteiger partial charge on any atom is -0.497 e. The Bertz CT molecular complexity index is 1370. The van der Waals surface area contributed by atoms with Gasteiger partial charge in [-0.25, -0.2) is 4.98 Å². The number of imide groups is 1. The van der Waals surface area contributed by atoms with E-state index < -0.39 is 0 Å². The SMILES string of the molecule is COc1ccc(-c2nc(C(C)C)oc2-c2ccc(OCCN3C(=O)c4ccccc4C3=O)cc2)cc1. The van der Waals surface area contributed by atoms with Crippen molar-refractivity contribution in [1.29, 1.82) is 0 Å². The second-order valence-corrected chi connectivity index (χ2v) is 8.79. The molecule has 7 nitrogen and oxygen atoms in total. The van der Waals surface area contributed by atoms with Crippen molar-refractivity contribution >= 4 is 11.8 Å². The fraction of sp³-hybridized carbons (Fsp3) is 0.207. The summed E-state index contributed by atoms with van der Waals surface area (Å²) >= 11 is 0. The van der Waals surface area contributed by atoms with E-state index in [2.05, 4.69) is 0 Å². The lowest BCUT2D eigenvalue weighted by atomic mass is 10.1. The van der Waals surface area contributed by atoms with Gasteiger partial charge in [-0.15, -0.1) is 0 Å². The number of fused-ring (bicyclic) bond motifs is 1. The molecule has 0 bridgehead atoms. The van der Waals surface area contributed by atoms with Gasteiger partial charge in [-0.2, -0.15) is 0 Å². The lowest BCUT2D eigenvalue weighted by Gasteiger charge is -2.14. The quantitative estimate of drug-likeness (QED) is 0.295. The van der Waals surface area contributed by atoms with Gasteiger partial charge in [0, 0.05) is 17.0 Å². The fourth-order valence-corrected chi connectivity index (χ4v) is 4.12. The summed E-state index contributed by atoms with van der Waals surface area (Å²) in [6, 6.07) is 22.1. The van der Waals surface area contributed by atoms with E-state index in [9.17, 15) is 9.59 Å². The number of aromatic nitrogens is 1. The van der Waals surface area contributed by atoms with Crippen LogP contribution in [0.5, 0.6) is 11.5 Å². The Morgan fingerprint density at radius 1 is 0.833 bits per heavy atom. The molecular formula is C29H26N2O5. The first-order valence-electron chi connectivity index (χ1n) is 11.8. The molecule has 4 aromatic rings. The van der Waals surface area contributed by atoms with Crippen molar-refractivity contribution in [3.63, 3.8) is 0 Å². The van der Waals surface area contributed by atoms with E-state index in [4.69, 9.17) is 18.9 Å². The van der Waals surface area contributed by atoms with Gasteiger partial charge in [0.05, 0.1) is 24.8 Å². The molecule has 182 valence electrons. The van der Waals surface area contributed by atoms with E-state index in [0.717, 1.165) is 22.6 Å². The second-order valence-electron chi connectivity index (χ2n) is 8.79. The molecule has 2 heterocycles. The van der Waals surface area contributed by atoms with Crippen molar-refractivity contribution < 1.29 is 23.5 Å². The third-order valence-corrected chi connectivity index (χ3v) is 6.08. The zero-order valence-electron chi connectivity index (χ0n) is 20.4. The standard InChI is InChI=1S/C29H26N2O5/c1-18(2)27-30-25(19-8-12-21(34-3)13-9-19)26(36-27)20-10-14-22(15-11-20)35-17-16-31-28(32)23-6-4-5-7-24(23)29(31)33/h4-15,18H,16-17H2,1-3H3. The maximum Gasteiger partial charge on any atom is 0.261 e. The number of carbonyl (C=O) groups is 2. The molecule has 1 aliphatic heterocycles. The molecule has 2 amide bonds. The molecule has 3 aromatic carbocycles. The number of hydrogen-bond acceptors (Lipinski definition) is 6. The van der Waals surface area contributed by atoms with Crippen molar-refractivity contribution in [2.75, 3.05) is 20.3 Å². The van der Waals surface area contributed by atoms with Gasteiger partial charge in [0.1, 0.15) is 23.8 Å². The highest BCUT2D eigenvalue weighted by atomic mass is 16.5. The molecule has 0 saturated heterocycles. The van der Waals surface area contributed by atoms with Gasteiger partial charge >= 0.3 is 0 Å². The van der Waals surface area contributed by atoms with Crippen LogP contribution in [0.4, 0.5) is 0 Å². The number of benzene rings is 3. The van der Waals surface area contributed by atoms with Gasteiger partial charge in [0.2, 0.25) is 0 Å². The molecule has 5 rings (SSSR count). The summed E-state index contributed by atoms with van der Waals surface area (Å²) in [5.41, 5.74) is 3.44. The average molecular weight is 483 g/mol. The number of rotatable bonds is 8. The van der Waals surface area contributed by atoms with E-state index in [1.807, 2.05) is 62.4 Å². The number of methoxy groups -OCH3 is 1. The molecule has 0 aliphatic carbocycles. The summed E-state index contributed by atoms with van der Waals surface area (Å²) < 4.78 is 17.3. The smallest absolute Gasteiger partial charge is 0.261 e. The highest BCUT2D eigenvalue weighted by molar-refractivity contribution is 6.21. The number of amides is 2. The van der Waals surface area contributed by atoms with Gasteiger partial charge < -0.3 is 13.9 Å². The van der Waals surface area contributed by atoms with Crippen molar-refractivity contribution in [3.8, 4) is 34.1 Å². The number of ether oxygens (including phenoxy) is 2. The van der Waals surface area contributed by atoms with E-state index in [1.165, 1.54) is 4.90 Å². The van der Waals surface area contributed by atoms with Gasteiger partial charge in [0.15, 0.2) is 11.7 Å². The Labute approximate surface area is 209 Å². The molecule has 0 spiro atoms. The molecule has 0 unspecified atom stereocenters. The summed E-state index contributed by atoms with van der Waals surface area (Å²) in [7, 11) is 1.64. The van der Waals surface area contributed by atoms with E-state index in [-0.39, 0.29) is 30.9 Å². The Hall–Kier alpha value is -4.39. The normalized spacial score (nSPS) is 12.8. The molecule has 1 aromatic heterocycles. The highest BCUT2D eigenvalue weighted by Crippen LogP contribution is 2.36. The van der Waals surface area contributed by atoms with Crippen LogP contribution >= 0.6 is 0 Å². The molecule has 0 N–H and O–H groups in total. The summed E-state index contributed by atoms with van der Waals surface area (Å²) in [6.45, 7) is 4.45. The van der Waals surface area contributed by atoms with Crippen LogP contribution in [0.2, 0.25) is 0 Å². The zero-order chi connectivity index (χ0) is 25.2. The van der Waals surface area contributed by atoms with Crippen LogP contribution in [-0.4, -0.2) is 42.0 Å². The first kappa shape index (κ1) is 23.4. The van der Waals surface area contributed by atoms with E-state index in [1.54, 1.807) is 31.4 Å². The van der Waals surface area contributed by atoms with Crippen molar-refractivity contribution in [2.45, 2.75) is 19.8 Å². The Kier molecular flexibility index (Phi) is 6.29. The Morgan fingerprint density at radius 2 is 1.42 bits per heavy atom. The Morgan fingerprint density at radius 3 is 2.00 bits per heavy atom. The first-order chi connectivity index (χ1) is 17.5. The van der Waals surface area contributed by atoms with Crippen LogP contribution in [0.3, 0.4) is 0 Å². The number of oxazole rings is 1. The van der Waals surface area contributed by atoms with Gasteiger partial charge in [0.25, 0.3) is 11.8 Å². The maximum absolute atomic E-state index is 12.5. The first-order valence-corrected chi connectivity index (χ1v) is 11.8. The minimum absolute atomic E-state index is 0.139. The number of hydrogen-bond donors (Lipinski definition) is 0. The van der Waals surface area contributed by atoms with Crippen LogP contribution in [0.1, 0.15) is 46.4 Å². The molecular weight excluding hydrogens is 456 g/mol. The van der Waals surface area contributed by atoms with Crippen LogP contribution in [0.15, 0.2) is 77.2 Å². The van der Waals surface area contributed by atoms with Crippen LogP contribution < -0.4 is 9.47 Å². The molecule has 7 heteroatoms. The summed E-state index contributed by atoms with van der Waals surface area (Å²) in [4.78, 5) is 31.0. The van der Waals surface area contributed by atoms with E-state index >= 15 is 0 Å². The summed E-state index contributed by atoms with van der Waals surface area (Å²) in [6.07, 6.45) is 0.